The molecule has 37 heavy (non-hydrogen) atoms. The van der Waals surface area contributed by atoms with Gasteiger partial charge in [0.25, 0.3) is 0 Å². The second-order valence-corrected chi connectivity index (χ2v) is 11.9. The largest absolute Gasteiger partial charge is 0.490 e. The second-order valence-electron chi connectivity index (χ2n) is 11.9. The minimum atomic E-state index is -0.431. The summed E-state index contributed by atoms with van der Waals surface area (Å²) < 4.78 is 13.1. The highest BCUT2D eigenvalue weighted by Crippen LogP contribution is 2.47. The molecule has 1 saturated heterocycles. The van der Waals surface area contributed by atoms with Crippen LogP contribution in [0.4, 0.5) is 5.69 Å². The van der Waals surface area contributed by atoms with E-state index in [9.17, 15) is 0 Å². The summed E-state index contributed by atoms with van der Waals surface area (Å²) in [6.45, 7) is 15.4. The van der Waals surface area contributed by atoms with Gasteiger partial charge in [-0.2, -0.15) is 0 Å². The Bertz CT molecular complexity index is 1240. The number of nitrogens with one attached hydrogen (secondary N) is 1. The zero-order chi connectivity index (χ0) is 26.2. The standard InChI is InChI=1S/C32H41BN2O2/c1-22-14-10-11-17-25(22)30(35-28-20-12-19-27-26(28)18-13-21-34-27)29(24-15-8-7-9-16-24)23(2)33-36-31(3,4)32(5,6)37-33/h10-14,17-21,24,29-30,35H,2,7-9,15-16H2,1,3-6H3. The molecule has 5 rings (SSSR count). The highest BCUT2D eigenvalue weighted by atomic mass is 16.7. The summed E-state index contributed by atoms with van der Waals surface area (Å²) in [5.41, 5.74) is 4.92. The molecular weight excluding hydrogens is 455 g/mol. The average Bonchev–Trinajstić information content (AvgIpc) is 3.11. The van der Waals surface area contributed by atoms with Gasteiger partial charge in [-0.1, -0.05) is 49.6 Å². The molecule has 2 fully saturated rings. The van der Waals surface area contributed by atoms with Crippen molar-refractivity contribution < 1.29 is 9.31 Å². The van der Waals surface area contributed by atoms with E-state index in [-0.39, 0.29) is 12.0 Å². The number of aryl methyl sites for hydroxylation is 1. The Labute approximate surface area is 223 Å². The van der Waals surface area contributed by atoms with E-state index in [1.54, 1.807) is 0 Å². The van der Waals surface area contributed by atoms with Gasteiger partial charge in [-0.25, -0.2) is 0 Å². The molecule has 0 radical (unpaired) electrons. The maximum atomic E-state index is 6.57. The van der Waals surface area contributed by atoms with Crippen molar-refractivity contribution in [2.45, 2.75) is 84.0 Å². The molecule has 1 aliphatic heterocycles. The Morgan fingerprint density at radius 2 is 1.65 bits per heavy atom. The van der Waals surface area contributed by atoms with Gasteiger partial charge in [-0.3, -0.25) is 4.98 Å². The first kappa shape index (κ1) is 26.0. The summed E-state index contributed by atoms with van der Waals surface area (Å²) in [6, 6.07) is 19.3. The summed E-state index contributed by atoms with van der Waals surface area (Å²) in [5.74, 6) is 0.661. The molecule has 5 heteroatoms. The van der Waals surface area contributed by atoms with Gasteiger partial charge in [0, 0.05) is 23.2 Å². The SMILES string of the molecule is C=C(B1OC(C)(C)C(C)(C)O1)C(C1CCCCC1)C(Nc1cccc2ncccc12)c1ccccc1C. The lowest BCUT2D eigenvalue weighted by molar-refractivity contribution is 0.00578. The molecule has 2 heterocycles. The summed E-state index contributed by atoms with van der Waals surface area (Å²) in [4.78, 5) is 4.61. The van der Waals surface area contributed by atoms with E-state index in [4.69, 9.17) is 15.9 Å². The quantitative estimate of drug-likeness (QED) is 0.336. The van der Waals surface area contributed by atoms with Crippen LogP contribution < -0.4 is 5.32 Å². The van der Waals surface area contributed by atoms with Crippen LogP contribution in [0, 0.1) is 18.8 Å². The lowest BCUT2D eigenvalue weighted by Crippen LogP contribution is -2.41. The van der Waals surface area contributed by atoms with Crippen LogP contribution in [0.15, 0.2) is 72.8 Å². The van der Waals surface area contributed by atoms with Gasteiger partial charge >= 0.3 is 7.12 Å². The first-order chi connectivity index (χ1) is 17.7. The van der Waals surface area contributed by atoms with Gasteiger partial charge < -0.3 is 14.6 Å². The number of benzene rings is 2. The van der Waals surface area contributed by atoms with Crippen molar-refractivity contribution in [3.63, 3.8) is 0 Å². The van der Waals surface area contributed by atoms with Crippen molar-refractivity contribution in [3.8, 4) is 0 Å². The molecule has 1 aromatic heterocycles. The number of hydrogen-bond acceptors (Lipinski definition) is 4. The first-order valence-electron chi connectivity index (χ1n) is 13.9. The number of fused-ring (bicyclic) bond motifs is 1. The van der Waals surface area contributed by atoms with Crippen molar-refractivity contribution >= 4 is 23.7 Å². The fraction of sp³-hybridized carbons (Fsp3) is 0.469. The summed E-state index contributed by atoms with van der Waals surface area (Å²) in [6.07, 6.45) is 8.08. The van der Waals surface area contributed by atoms with E-state index in [0.29, 0.717) is 5.92 Å². The molecule has 0 amide bonds. The van der Waals surface area contributed by atoms with E-state index >= 15 is 0 Å². The van der Waals surface area contributed by atoms with E-state index in [1.165, 1.54) is 43.2 Å². The number of pyridine rings is 1. The van der Waals surface area contributed by atoms with Gasteiger partial charge in [-0.05, 0) is 94.2 Å². The Kier molecular flexibility index (Phi) is 7.21. The Hall–Kier alpha value is -2.63. The van der Waals surface area contributed by atoms with Gasteiger partial charge in [0.15, 0.2) is 0 Å². The minimum absolute atomic E-state index is 0.0293. The third-order valence-electron chi connectivity index (χ3n) is 8.98. The highest BCUT2D eigenvalue weighted by Gasteiger charge is 2.54. The topological polar surface area (TPSA) is 43.4 Å². The lowest BCUT2D eigenvalue weighted by atomic mass is 9.61. The highest BCUT2D eigenvalue weighted by molar-refractivity contribution is 6.54. The summed E-state index contributed by atoms with van der Waals surface area (Å²) >= 11 is 0. The Morgan fingerprint density at radius 1 is 0.946 bits per heavy atom. The molecule has 4 nitrogen and oxygen atoms in total. The van der Waals surface area contributed by atoms with Crippen LogP contribution >= 0.6 is 0 Å². The zero-order valence-corrected chi connectivity index (χ0v) is 23.1. The molecule has 194 valence electrons. The number of nitrogens with zero attached hydrogens (tertiary/aromatic N) is 1. The van der Waals surface area contributed by atoms with Crippen LogP contribution in [0.5, 0.6) is 0 Å². The molecule has 3 aromatic rings. The lowest BCUT2D eigenvalue weighted by Gasteiger charge is -2.39. The number of hydrogen-bond donors (Lipinski definition) is 1. The van der Waals surface area contributed by atoms with Crippen LogP contribution in [0.25, 0.3) is 10.9 Å². The van der Waals surface area contributed by atoms with Crippen LogP contribution in [-0.2, 0) is 9.31 Å². The predicted molar refractivity (Wildman–Crippen MR) is 155 cm³/mol. The average molecular weight is 497 g/mol. The third-order valence-corrected chi connectivity index (χ3v) is 8.98. The van der Waals surface area contributed by atoms with Crippen molar-refractivity contribution in [2.75, 3.05) is 5.32 Å². The first-order valence-corrected chi connectivity index (χ1v) is 13.9. The molecule has 1 saturated carbocycles. The maximum Gasteiger partial charge on any atom is 0.490 e. The summed E-state index contributed by atoms with van der Waals surface area (Å²) in [5, 5.41) is 5.14. The van der Waals surface area contributed by atoms with Crippen LogP contribution in [0.2, 0.25) is 0 Å². The molecule has 2 atom stereocenters. The van der Waals surface area contributed by atoms with E-state index in [1.807, 2.05) is 12.3 Å². The predicted octanol–water partition coefficient (Wildman–Crippen LogP) is 8.08. The number of anilines is 1. The molecule has 1 aliphatic carbocycles. The van der Waals surface area contributed by atoms with E-state index < -0.39 is 18.3 Å². The van der Waals surface area contributed by atoms with Crippen molar-refractivity contribution in [2.24, 2.45) is 11.8 Å². The van der Waals surface area contributed by atoms with Gasteiger partial charge in [0.05, 0.1) is 22.8 Å². The molecule has 0 bridgehead atoms. The number of rotatable bonds is 7. The van der Waals surface area contributed by atoms with Crippen molar-refractivity contribution in [3.05, 3.63) is 84.0 Å². The second kappa shape index (κ2) is 10.3. The molecule has 2 aliphatic rings. The maximum absolute atomic E-state index is 6.57. The Balaban J connectivity index is 1.60. The summed E-state index contributed by atoms with van der Waals surface area (Å²) in [7, 11) is -0.431. The Morgan fingerprint density at radius 3 is 2.35 bits per heavy atom. The fourth-order valence-electron chi connectivity index (χ4n) is 6.13. The zero-order valence-electron chi connectivity index (χ0n) is 23.1. The fourth-order valence-corrected chi connectivity index (χ4v) is 6.13. The molecule has 0 spiro atoms. The molecule has 2 aromatic carbocycles. The molecule has 2 unspecified atom stereocenters. The van der Waals surface area contributed by atoms with Crippen molar-refractivity contribution in [1.82, 2.24) is 4.98 Å². The monoisotopic (exact) mass is 496 g/mol. The van der Waals surface area contributed by atoms with Crippen LogP contribution in [-0.4, -0.2) is 23.3 Å². The van der Waals surface area contributed by atoms with Gasteiger partial charge in [0.2, 0.25) is 0 Å². The van der Waals surface area contributed by atoms with E-state index in [2.05, 4.69) is 93.5 Å². The van der Waals surface area contributed by atoms with Crippen LogP contribution in [0.1, 0.15) is 77.0 Å². The third kappa shape index (κ3) is 5.09. The smallest absolute Gasteiger partial charge is 0.400 e. The van der Waals surface area contributed by atoms with Gasteiger partial charge in [0.1, 0.15) is 0 Å². The molecule has 1 N–H and O–H groups in total. The van der Waals surface area contributed by atoms with E-state index in [0.717, 1.165) is 22.1 Å². The van der Waals surface area contributed by atoms with Crippen molar-refractivity contribution in [1.29, 1.82) is 0 Å². The minimum Gasteiger partial charge on any atom is -0.400 e. The number of aromatic nitrogens is 1. The van der Waals surface area contributed by atoms with Gasteiger partial charge in [-0.15, -0.1) is 6.58 Å². The normalized spacial score (nSPS) is 21.1. The molecular formula is C32H41BN2O2. The van der Waals surface area contributed by atoms with Crippen LogP contribution in [0.3, 0.4) is 0 Å².